The van der Waals surface area contributed by atoms with Crippen LogP contribution in [-0.4, -0.2) is 78.3 Å². The molecule has 4 N–H and O–H groups in total. The normalized spacial score (nSPS) is 11.6. The molecule has 0 fully saturated rings. The molecule has 17 nitrogen and oxygen atoms in total. The van der Waals surface area contributed by atoms with Crippen LogP contribution in [0.15, 0.2) is 133 Å². The van der Waals surface area contributed by atoms with Crippen LogP contribution in [0.1, 0.15) is 58.8 Å². The lowest BCUT2D eigenvalue weighted by Crippen LogP contribution is -2.27. The van der Waals surface area contributed by atoms with E-state index < -0.39 is 59.6 Å². The number of nitrogens with zero attached hydrogens (tertiary/aromatic N) is 5. The highest BCUT2D eigenvalue weighted by Crippen LogP contribution is 2.40. The number of carboxylic acid groups (broad SMARTS) is 2. The Morgan fingerprint density at radius 3 is 1.92 bits per heavy atom. The second kappa shape index (κ2) is 23.1. The van der Waals surface area contributed by atoms with E-state index >= 15 is 8.78 Å². The number of aromatic nitrogens is 4. The Bertz CT molecular complexity index is 3510. The Balaban J connectivity index is 0.970. The van der Waals surface area contributed by atoms with Crippen LogP contribution in [-0.2, 0) is 33.2 Å². The molecule has 3 heterocycles. The predicted octanol–water partition coefficient (Wildman–Crippen LogP) is 11.6. The summed E-state index contributed by atoms with van der Waals surface area (Å²) in [6, 6.07) is 33.6. The van der Waals surface area contributed by atoms with Gasteiger partial charge in [0.2, 0.25) is 0 Å². The highest BCUT2D eigenvalue weighted by molar-refractivity contribution is 7.12. The average molecular weight is 1050 g/mol. The molecule has 0 saturated carbocycles. The summed E-state index contributed by atoms with van der Waals surface area (Å²) in [4.78, 5) is 62.9. The topological polar surface area (TPSA) is 216 Å². The van der Waals surface area contributed by atoms with Crippen LogP contribution in [0.2, 0.25) is 0 Å². The summed E-state index contributed by atoms with van der Waals surface area (Å²) in [6.45, 7) is 3.48. The van der Waals surface area contributed by atoms with Gasteiger partial charge in [-0.3, -0.25) is 29.6 Å². The third-order valence-corrected chi connectivity index (χ3v) is 12.9. The molecule has 0 aliphatic heterocycles. The Labute approximate surface area is 437 Å². The number of hydrogen-bond acceptors (Lipinski definition) is 11. The number of carbonyl (C=O) groups is 5. The van der Waals surface area contributed by atoms with Gasteiger partial charge in [0.05, 0.1) is 18.2 Å². The molecule has 2 unspecified atom stereocenters. The molecule has 3 amide bonds. The van der Waals surface area contributed by atoms with E-state index in [-0.39, 0.29) is 29.2 Å². The number of benzene rings is 5. The minimum Gasteiger partial charge on any atom is -0.481 e. The first-order valence-corrected chi connectivity index (χ1v) is 24.2. The Hall–Kier alpha value is -9.61. The van der Waals surface area contributed by atoms with Gasteiger partial charge >= 0.3 is 24.1 Å². The van der Waals surface area contributed by atoms with Gasteiger partial charge in [0, 0.05) is 50.3 Å². The molecule has 76 heavy (non-hydrogen) atoms. The van der Waals surface area contributed by atoms with Crippen LogP contribution in [0.5, 0.6) is 11.5 Å². The molecule has 0 spiro atoms. The van der Waals surface area contributed by atoms with Crippen LogP contribution >= 0.6 is 11.3 Å². The maximum atomic E-state index is 15.2. The van der Waals surface area contributed by atoms with E-state index in [0.29, 0.717) is 61.8 Å². The fourth-order valence-electron chi connectivity index (χ4n) is 7.90. The SMILES string of the molecule is CC(OC(=O)Nc1c(-c2ccc(-c3cc(F)c(Oc4ccsc4C(=O)O)c(F)c3)cc2)cnn1C)c1ccc(-c2nn(C)c(NC(=O)OC(C)c3ccccc3)c2-c2ccc(C#CC(=O)N(C)CCC(=O)O)cc2)cc1. The van der Waals surface area contributed by atoms with E-state index in [0.717, 1.165) is 29.0 Å². The van der Waals surface area contributed by atoms with Crippen LogP contribution in [0.3, 0.4) is 0 Å². The third-order valence-electron chi connectivity index (χ3n) is 12.0. The Kier molecular flexibility index (Phi) is 16.0. The maximum Gasteiger partial charge on any atom is 0.413 e. The molecule has 0 radical (unpaired) electrons. The lowest BCUT2D eigenvalue weighted by molar-refractivity contribution is -0.137. The Morgan fingerprint density at radius 1 is 0.724 bits per heavy atom. The fraction of sp³-hybridized carbons (Fsp3) is 0.161. The van der Waals surface area contributed by atoms with Crippen molar-refractivity contribution < 1.29 is 57.2 Å². The largest absolute Gasteiger partial charge is 0.481 e. The van der Waals surface area contributed by atoms with Gasteiger partial charge in [-0.15, -0.1) is 11.3 Å². The van der Waals surface area contributed by atoms with Gasteiger partial charge in [-0.2, -0.15) is 10.2 Å². The van der Waals surface area contributed by atoms with Crippen molar-refractivity contribution in [2.75, 3.05) is 24.2 Å². The lowest BCUT2D eigenvalue weighted by Gasteiger charge is -2.16. The number of aryl methyl sites for hydroxylation is 2. The number of aliphatic carboxylic acids is 1. The molecule has 8 aromatic rings. The van der Waals surface area contributed by atoms with Gasteiger partial charge in [-0.05, 0) is 82.9 Å². The van der Waals surface area contributed by atoms with Crippen molar-refractivity contribution in [3.05, 3.63) is 166 Å². The number of thiophene rings is 1. The predicted molar refractivity (Wildman–Crippen MR) is 280 cm³/mol. The quantitative estimate of drug-likeness (QED) is 0.0665. The minimum atomic E-state index is -1.28. The van der Waals surface area contributed by atoms with Gasteiger partial charge in [0.25, 0.3) is 5.91 Å². The van der Waals surface area contributed by atoms with E-state index in [4.69, 9.17) is 24.4 Å². The molecule has 386 valence electrons. The number of carbonyl (C=O) groups excluding carboxylic acids is 3. The average Bonchev–Trinajstić information content (AvgIpc) is 4.13. The number of nitrogens with one attached hydrogen (secondary N) is 2. The van der Waals surface area contributed by atoms with Crippen molar-refractivity contribution in [2.45, 2.75) is 32.5 Å². The highest BCUT2D eigenvalue weighted by atomic mass is 32.1. The van der Waals surface area contributed by atoms with Crippen molar-refractivity contribution in [1.29, 1.82) is 0 Å². The molecule has 20 heteroatoms. The maximum absolute atomic E-state index is 15.2. The van der Waals surface area contributed by atoms with Crippen LogP contribution in [0.25, 0.3) is 44.6 Å². The Morgan fingerprint density at radius 2 is 1.30 bits per heavy atom. The summed E-state index contributed by atoms with van der Waals surface area (Å²) in [5, 5.41) is 34.6. The van der Waals surface area contributed by atoms with E-state index in [9.17, 15) is 29.1 Å². The zero-order valence-corrected chi connectivity index (χ0v) is 42.1. The van der Waals surface area contributed by atoms with Crippen molar-refractivity contribution in [1.82, 2.24) is 24.5 Å². The molecule has 2 atom stereocenters. The molecule has 0 aliphatic rings. The number of rotatable bonds is 16. The zero-order valence-electron chi connectivity index (χ0n) is 41.3. The number of hydrogen-bond donors (Lipinski definition) is 4. The van der Waals surface area contributed by atoms with Gasteiger partial charge in [-0.1, -0.05) is 96.9 Å². The number of halogens is 2. The van der Waals surface area contributed by atoms with E-state index in [1.165, 1.54) is 32.8 Å². The van der Waals surface area contributed by atoms with Gasteiger partial charge in [-0.25, -0.2) is 23.2 Å². The van der Waals surface area contributed by atoms with Crippen LogP contribution < -0.4 is 15.4 Å². The summed E-state index contributed by atoms with van der Waals surface area (Å²) < 4.78 is 50.3. The number of amides is 3. The zero-order chi connectivity index (χ0) is 54.2. The first kappa shape index (κ1) is 52.7. The lowest BCUT2D eigenvalue weighted by atomic mass is 9.98. The summed E-state index contributed by atoms with van der Waals surface area (Å²) >= 11 is 0.865. The molecule has 0 saturated heterocycles. The van der Waals surface area contributed by atoms with Crippen molar-refractivity contribution in [3.63, 3.8) is 0 Å². The van der Waals surface area contributed by atoms with Crippen molar-refractivity contribution in [3.8, 4) is 68.0 Å². The number of anilines is 2. The first-order valence-electron chi connectivity index (χ1n) is 23.3. The standard InChI is InChI=1S/C56H47F2N7O10S/c1-32(35-9-7-6-8-10-35)73-56(72)61-53-48(39-14-11-34(12-15-39)13-24-46(66)63(3)27-25-47(67)68)49(62-65(53)5)40-22-16-36(17-23-40)33(2)74-55(71)60-52-42(31-59-64(52)4)38-20-18-37(19-21-38)41-29-43(57)50(44(58)30-41)75-45-26-28-76-51(45)54(69)70/h6-12,14-23,26,28-33H,25,27H2,1-5H3,(H,60,71)(H,61,72)(H,67,68)(H,69,70). The monoisotopic (exact) mass is 1050 g/mol. The summed E-state index contributed by atoms with van der Waals surface area (Å²) in [5.41, 5.74) is 6.11. The van der Waals surface area contributed by atoms with Crippen LogP contribution in [0, 0.1) is 23.5 Å². The molecular weight excluding hydrogens is 1000 g/mol. The molecule has 0 bridgehead atoms. The number of aromatic carboxylic acids is 1. The van der Waals surface area contributed by atoms with Gasteiger partial charge < -0.3 is 29.3 Å². The smallest absolute Gasteiger partial charge is 0.413 e. The summed E-state index contributed by atoms with van der Waals surface area (Å²) in [7, 11) is 4.79. The van der Waals surface area contributed by atoms with E-state index in [2.05, 4.69) is 27.6 Å². The number of ether oxygens (including phenoxy) is 3. The fourth-order valence-corrected chi connectivity index (χ4v) is 8.56. The summed E-state index contributed by atoms with van der Waals surface area (Å²) in [6.07, 6.45) is -1.46. The molecule has 5 aromatic carbocycles. The molecular formula is C56H47F2N7O10S. The van der Waals surface area contributed by atoms with Crippen molar-refractivity contribution in [2.24, 2.45) is 14.1 Å². The van der Waals surface area contributed by atoms with E-state index in [1.54, 1.807) is 107 Å². The molecule has 8 rings (SSSR count). The van der Waals surface area contributed by atoms with Gasteiger partial charge in [0.1, 0.15) is 29.5 Å². The molecule has 0 aliphatic carbocycles. The van der Waals surface area contributed by atoms with Crippen LogP contribution in [0.4, 0.5) is 30.0 Å². The van der Waals surface area contributed by atoms with Crippen molar-refractivity contribution >= 4 is 53.0 Å². The second-order valence-corrected chi connectivity index (χ2v) is 18.1. The first-order chi connectivity index (χ1) is 36.4. The highest BCUT2D eigenvalue weighted by Gasteiger charge is 2.25. The van der Waals surface area contributed by atoms with Gasteiger partial charge in [0.15, 0.2) is 28.0 Å². The minimum absolute atomic E-state index is 0.0101. The summed E-state index contributed by atoms with van der Waals surface area (Å²) in [5.74, 6) is 0.204. The third kappa shape index (κ3) is 12.2. The molecule has 3 aromatic heterocycles. The number of carboxylic acids is 2. The van der Waals surface area contributed by atoms with E-state index in [1.807, 2.05) is 30.3 Å². The second-order valence-electron chi connectivity index (χ2n) is 17.2.